The quantitative estimate of drug-likeness (QED) is 0.348. The fraction of sp³-hybridized carbons (Fsp3) is 0.231. The Kier molecular flexibility index (Phi) is 6.19. The van der Waals surface area contributed by atoms with Gasteiger partial charge in [0.05, 0.1) is 5.02 Å². The second-order valence-electron chi connectivity index (χ2n) is 8.21. The first-order valence-electron chi connectivity index (χ1n) is 10.5. The van der Waals surface area contributed by atoms with Crippen LogP contribution < -0.4 is 10.1 Å². The SMILES string of the molecule is Cc1cc(C)c(OCC(=O)Nc2ccc3oc(-c4ccc(C(C)C)cc4)nc3c2)c(Cl)c1. The average Bonchev–Trinajstić information content (AvgIpc) is 3.16. The number of halogens is 1. The molecule has 32 heavy (non-hydrogen) atoms. The van der Waals surface area contributed by atoms with E-state index in [0.717, 1.165) is 16.7 Å². The van der Waals surface area contributed by atoms with E-state index in [4.69, 9.17) is 20.8 Å². The molecule has 4 aromatic rings. The Balaban J connectivity index is 1.45. The molecular formula is C26H25ClN2O3. The third kappa shape index (κ3) is 4.78. The minimum absolute atomic E-state index is 0.145. The van der Waals surface area contributed by atoms with E-state index in [1.807, 2.05) is 38.1 Å². The predicted molar refractivity (Wildman–Crippen MR) is 129 cm³/mol. The lowest BCUT2D eigenvalue weighted by Crippen LogP contribution is -2.20. The molecule has 0 aliphatic rings. The monoisotopic (exact) mass is 448 g/mol. The number of carbonyl (C=O) groups excluding carboxylic acids is 1. The number of aryl methyl sites for hydroxylation is 2. The van der Waals surface area contributed by atoms with Crippen LogP contribution in [0.1, 0.15) is 36.5 Å². The summed E-state index contributed by atoms with van der Waals surface area (Å²) in [6, 6.07) is 17.3. The van der Waals surface area contributed by atoms with Crippen molar-refractivity contribution in [1.82, 2.24) is 4.98 Å². The first-order chi connectivity index (χ1) is 15.3. The van der Waals surface area contributed by atoms with Crippen LogP contribution in [0.5, 0.6) is 5.75 Å². The minimum Gasteiger partial charge on any atom is -0.482 e. The van der Waals surface area contributed by atoms with Crippen LogP contribution in [-0.4, -0.2) is 17.5 Å². The Morgan fingerprint density at radius 2 is 1.84 bits per heavy atom. The number of anilines is 1. The van der Waals surface area contributed by atoms with Gasteiger partial charge in [-0.05, 0) is 72.9 Å². The first-order valence-corrected chi connectivity index (χ1v) is 10.9. The molecular weight excluding hydrogens is 424 g/mol. The van der Waals surface area contributed by atoms with Crippen LogP contribution in [0.2, 0.25) is 5.02 Å². The molecule has 1 heterocycles. The molecule has 0 aliphatic heterocycles. The number of carbonyl (C=O) groups is 1. The van der Waals surface area contributed by atoms with Crippen LogP contribution in [0, 0.1) is 13.8 Å². The molecule has 0 saturated carbocycles. The summed E-state index contributed by atoms with van der Waals surface area (Å²) in [4.78, 5) is 17.0. The average molecular weight is 449 g/mol. The van der Waals surface area contributed by atoms with Crippen molar-refractivity contribution < 1.29 is 13.9 Å². The summed E-state index contributed by atoms with van der Waals surface area (Å²) in [5, 5.41) is 3.33. The van der Waals surface area contributed by atoms with Crippen molar-refractivity contribution in [3.05, 3.63) is 76.3 Å². The van der Waals surface area contributed by atoms with Gasteiger partial charge >= 0.3 is 0 Å². The largest absolute Gasteiger partial charge is 0.482 e. The Morgan fingerprint density at radius 3 is 2.53 bits per heavy atom. The molecule has 4 rings (SSSR count). The van der Waals surface area contributed by atoms with E-state index in [2.05, 4.69) is 36.3 Å². The zero-order valence-corrected chi connectivity index (χ0v) is 19.3. The molecule has 6 heteroatoms. The van der Waals surface area contributed by atoms with Crippen LogP contribution in [0.15, 0.2) is 59.0 Å². The summed E-state index contributed by atoms with van der Waals surface area (Å²) in [5.41, 5.74) is 6.05. The topological polar surface area (TPSA) is 64.4 Å². The molecule has 0 bridgehead atoms. The summed E-state index contributed by atoms with van der Waals surface area (Å²) < 4.78 is 11.5. The third-order valence-electron chi connectivity index (χ3n) is 5.22. The van der Waals surface area contributed by atoms with Crippen molar-refractivity contribution in [2.45, 2.75) is 33.6 Å². The van der Waals surface area contributed by atoms with Crippen molar-refractivity contribution in [2.24, 2.45) is 0 Å². The molecule has 0 fully saturated rings. The van der Waals surface area contributed by atoms with Gasteiger partial charge in [0.1, 0.15) is 11.3 Å². The van der Waals surface area contributed by atoms with E-state index in [1.54, 1.807) is 18.2 Å². The fourth-order valence-corrected chi connectivity index (χ4v) is 3.94. The molecule has 0 spiro atoms. The molecule has 0 radical (unpaired) electrons. The molecule has 0 unspecified atom stereocenters. The summed E-state index contributed by atoms with van der Waals surface area (Å²) in [6.45, 7) is 8.03. The maximum Gasteiger partial charge on any atom is 0.262 e. The van der Waals surface area contributed by atoms with Crippen LogP contribution >= 0.6 is 11.6 Å². The Bertz CT molecular complexity index is 1250. The molecule has 1 aromatic heterocycles. The van der Waals surface area contributed by atoms with Crippen molar-refractivity contribution in [2.75, 3.05) is 11.9 Å². The number of nitrogens with zero attached hydrogens (tertiary/aromatic N) is 1. The van der Waals surface area contributed by atoms with E-state index in [-0.39, 0.29) is 12.5 Å². The second-order valence-corrected chi connectivity index (χ2v) is 8.62. The normalized spacial score (nSPS) is 11.2. The van der Waals surface area contributed by atoms with Crippen molar-refractivity contribution in [3.63, 3.8) is 0 Å². The maximum absolute atomic E-state index is 12.4. The predicted octanol–water partition coefficient (Wildman–Crippen LogP) is 6.91. The van der Waals surface area contributed by atoms with Crippen LogP contribution in [-0.2, 0) is 4.79 Å². The lowest BCUT2D eigenvalue weighted by atomic mass is 10.0. The summed E-state index contributed by atoms with van der Waals surface area (Å²) >= 11 is 6.25. The Labute approximate surface area is 192 Å². The van der Waals surface area contributed by atoms with Crippen LogP contribution in [0.25, 0.3) is 22.6 Å². The number of aromatic nitrogens is 1. The van der Waals surface area contributed by atoms with Gasteiger partial charge < -0.3 is 14.5 Å². The van der Waals surface area contributed by atoms with E-state index in [1.165, 1.54) is 5.56 Å². The van der Waals surface area contributed by atoms with Gasteiger partial charge in [0, 0.05) is 11.3 Å². The number of rotatable bonds is 6. The van der Waals surface area contributed by atoms with E-state index >= 15 is 0 Å². The number of benzene rings is 3. The van der Waals surface area contributed by atoms with Crippen LogP contribution in [0.4, 0.5) is 5.69 Å². The van der Waals surface area contributed by atoms with Gasteiger partial charge in [-0.1, -0.05) is 43.6 Å². The van der Waals surface area contributed by atoms with Gasteiger partial charge in [-0.2, -0.15) is 0 Å². The smallest absolute Gasteiger partial charge is 0.262 e. The highest BCUT2D eigenvalue weighted by Gasteiger charge is 2.12. The molecule has 5 nitrogen and oxygen atoms in total. The number of ether oxygens (including phenoxy) is 1. The van der Waals surface area contributed by atoms with Gasteiger partial charge in [0.15, 0.2) is 12.2 Å². The highest BCUT2D eigenvalue weighted by atomic mass is 35.5. The van der Waals surface area contributed by atoms with Gasteiger partial charge in [0.2, 0.25) is 5.89 Å². The molecule has 164 valence electrons. The fourth-order valence-electron chi connectivity index (χ4n) is 3.56. The van der Waals surface area contributed by atoms with E-state index in [9.17, 15) is 4.79 Å². The number of hydrogen-bond donors (Lipinski definition) is 1. The minimum atomic E-state index is -0.284. The summed E-state index contributed by atoms with van der Waals surface area (Å²) in [5.74, 6) is 1.25. The van der Waals surface area contributed by atoms with Crippen molar-refractivity contribution >= 4 is 34.3 Å². The van der Waals surface area contributed by atoms with E-state index < -0.39 is 0 Å². The number of hydrogen-bond acceptors (Lipinski definition) is 4. The summed E-state index contributed by atoms with van der Waals surface area (Å²) in [7, 11) is 0. The zero-order chi connectivity index (χ0) is 22.8. The van der Waals surface area contributed by atoms with Gasteiger partial charge in [-0.25, -0.2) is 4.98 Å². The van der Waals surface area contributed by atoms with Gasteiger partial charge in [0.25, 0.3) is 5.91 Å². The second kappa shape index (κ2) is 9.05. The lowest BCUT2D eigenvalue weighted by molar-refractivity contribution is -0.118. The van der Waals surface area contributed by atoms with E-state index in [0.29, 0.717) is 39.4 Å². The molecule has 3 aromatic carbocycles. The van der Waals surface area contributed by atoms with Crippen LogP contribution in [0.3, 0.4) is 0 Å². The van der Waals surface area contributed by atoms with Crippen molar-refractivity contribution in [1.29, 1.82) is 0 Å². The van der Waals surface area contributed by atoms with Gasteiger partial charge in [-0.3, -0.25) is 4.79 Å². The summed E-state index contributed by atoms with van der Waals surface area (Å²) in [6.07, 6.45) is 0. The highest BCUT2D eigenvalue weighted by molar-refractivity contribution is 6.32. The Hall–Kier alpha value is -3.31. The molecule has 0 saturated heterocycles. The zero-order valence-electron chi connectivity index (χ0n) is 18.5. The maximum atomic E-state index is 12.4. The lowest BCUT2D eigenvalue weighted by Gasteiger charge is -2.12. The molecule has 0 aliphatic carbocycles. The third-order valence-corrected chi connectivity index (χ3v) is 5.50. The molecule has 1 amide bonds. The number of fused-ring (bicyclic) bond motifs is 1. The number of oxazole rings is 1. The standard InChI is InChI=1S/C26H25ClN2O3/c1-15(2)18-5-7-19(8-6-18)26-29-22-13-20(9-10-23(22)32-26)28-24(30)14-31-25-17(4)11-16(3)12-21(25)27/h5-13,15H,14H2,1-4H3,(H,28,30). The van der Waals surface area contributed by atoms with Gasteiger partial charge in [-0.15, -0.1) is 0 Å². The van der Waals surface area contributed by atoms with Crippen molar-refractivity contribution in [3.8, 4) is 17.2 Å². The molecule has 0 atom stereocenters. The molecule has 1 N–H and O–H groups in total. The number of amides is 1. The number of nitrogens with one attached hydrogen (secondary N) is 1. The first kappa shape index (κ1) is 21.9. The highest BCUT2D eigenvalue weighted by Crippen LogP contribution is 2.30. The Morgan fingerprint density at radius 1 is 1.09 bits per heavy atom.